The molecule has 84 valence electrons. The topological polar surface area (TPSA) is 17.8 Å². The Morgan fingerprint density at radius 2 is 2.12 bits per heavy atom. The Hall–Kier alpha value is -0.970. The van der Waals surface area contributed by atoms with Gasteiger partial charge in [-0.1, -0.05) is 15.9 Å². The van der Waals surface area contributed by atoms with Crippen molar-refractivity contribution in [2.75, 3.05) is 0 Å². The summed E-state index contributed by atoms with van der Waals surface area (Å²) >= 11 is 3.35. The highest BCUT2D eigenvalue weighted by Crippen LogP contribution is 2.49. The van der Waals surface area contributed by atoms with E-state index in [1.54, 1.807) is 4.57 Å². The molecule has 0 N–H and O–H groups in total. The molecule has 0 radical (unpaired) electrons. The van der Waals surface area contributed by atoms with E-state index in [0.29, 0.717) is 12.8 Å². The molecule has 2 nitrogen and oxygen atoms in total. The van der Waals surface area contributed by atoms with Crippen LogP contribution < -0.4 is 0 Å². The predicted molar refractivity (Wildman–Crippen MR) is 60.6 cm³/mol. The lowest BCUT2D eigenvalue weighted by Crippen LogP contribution is -2.24. The fraction of sp³-hybridized carbons (Fsp3) is 0.364. The molecule has 1 aromatic carbocycles. The van der Waals surface area contributed by atoms with E-state index in [4.69, 9.17) is 0 Å². The molecular weight excluding hydrogens is 278 g/mol. The Labute approximate surface area is 99.4 Å². The van der Waals surface area contributed by atoms with Gasteiger partial charge in [0, 0.05) is 4.47 Å². The van der Waals surface area contributed by atoms with Gasteiger partial charge in [0.05, 0.1) is 17.4 Å². The zero-order chi connectivity index (χ0) is 11.3. The standard InChI is InChI=1S/C11H9BrF2N2/c12-7-1-2-8-9(5-7)16(6-15-8)11(3-4-11)10(13)14/h1-2,5-6,10H,3-4H2. The summed E-state index contributed by atoms with van der Waals surface area (Å²) in [5.74, 6) is 0. The average Bonchev–Trinajstić information content (AvgIpc) is 2.95. The molecule has 1 heterocycles. The lowest BCUT2D eigenvalue weighted by Gasteiger charge is -2.16. The molecule has 1 aromatic heterocycles. The number of hydrogen-bond donors (Lipinski definition) is 0. The van der Waals surface area contributed by atoms with Gasteiger partial charge >= 0.3 is 0 Å². The van der Waals surface area contributed by atoms with Crippen molar-refractivity contribution in [3.8, 4) is 0 Å². The van der Waals surface area contributed by atoms with Crippen LogP contribution in [0.4, 0.5) is 8.78 Å². The summed E-state index contributed by atoms with van der Waals surface area (Å²) in [6, 6.07) is 5.53. The molecule has 1 aliphatic rings. The first-order valence-electron chi connectivity index (χ1n) is 5.05. The number of benzene rings is 1. The first kappa shape index (κ1) is 10.2. The average molecular weight is 287 g/mol. The fourth-order valence-corrected chi connectivity index (χ4v) is 2.38. The molecule has 0 spiro atoms. The monoisotopic (exact) mass is 286 g/mol. The predicted octanol–water partition coefficient (Wildman–Crippen LogP) is 3.55. The second-order valence-corrected chi connectivity index (χ2v) is 5.07. The maximum Gasteiger partial charge on any atom is 0.261 e. The Balaban J connectivity index is 2.21. The van der Waals surface area contributed by atoms with Crippen LogP contribution in [0.1, 0.15) is 12.8 Å². The van der Waals surface area contributed by atoms with Crippen LogP contribution in [0.15, 0.2) is 29.0 Å². The van der Waals surface area contributed by atoms with Crippen molar-refractivity contribution in [3.05, 3.63) is 29.0 Å². The molecule has 16 heavy (non-hydrogen) atoms. The van der Waals surface area contributed by atoms with Gasteiger partial charge in [0.1, 0.15) is 5.54 Å². The normalized spacial score (nSPS) is 18.2. The summed E-state index contributed by atoms with van der Waals surface area (Å²) in [5, 5.41) is 0. The van der Waals surface area contributed by atoms with E-state index >= 15 is 0 Å². The summed E-state index contributed by atoms with van der Waals surface area (Å²) in [7, 11) is 0. The minimum absolute atomic E-state index is 0.530. The maximum absolute atomic E-state index is 13.0. The van der Waals surface area contributed by atoms with E-state index in [9.17, 15) is 8.78 Å². The summed E-state index contributed by atoms with van der Waals surface area (Å²) in [4.78, 5) is 4.16. The van der Waals surface area contributed by atoms with Crippen LogP contribution in [-0.2, 0) is 5.54 Å². The number of aromatic nitrogens is 2. The number of nitrogens with zero attached hydrogens (tertiary/aromatic N) is 2. The first-order chi connectivity index (χ1) is 7.63. The van der Waals surface area contributed by atoms with Crippen molar-refractivity contribution in [2.24, 2.45) is 0 Å². The third-order valence-corrected chi connectivity index (χ3v) is 3.65. The van der Waals surface area contributed by atoms with E-state index in [1.807, 2.05) is 18.2 Å². The Morgan fingerprint density at radius 3 is 2.75 bits per heavy atom. The first-order valence-corrected chi connectivity index (χ1v) is 5.84. The minimum atomic E-state index is -2.33. The number of imidazole rings is 1. The molecule has 0 unspecified atom stereocenters. The zero-order valence-electron chi connectivity index (χ0n) is 8.33. The van der Waals surface area contributed by atoms with Crippen molar-refractivity contribution in [3.63, 3.8) is 0 Å². The van der Waals surface area contributed by atoms with Gasteiger partial charge in [0.25, 0.3) is 6.43 Å². The lowest BCUT2D eigenvalue weighted by molar-refractivity contribution is 0.0692. The van der Waals surface area contributed by atoms with Crippen molar-refractivity contribution in [1.29, 1.82) is 0 Å². The Bertz CT molecular complexity index is 546. The fourth-order valence-electron chi connectivity index (χ4n) is 2.03. The SMILES string of the molecule is FC(F)C1(n2cnc3ccc(Br)cc32)CC1. The third kappa shape index (κ3) is 1.30. The molecule has 5 heteroatoms. The van der Waals surface area contributed by atoms with E-state index < -0.39 is 12.0 Å². The van der Waals surface area contributed by atoms with Crippen molar-refractivity contribution in [2.45, 2.75) is 24.8 Å². The Morgan fingerprint density at radius 1 is 1.38 bits per heavy atom. The van der Waals surface area contributed by atoms with Crippen molar-refractivity contribution in [1.82, 2.24) is 9.55 Å². The molecule has 0 saturated heterocycles. The van der Waals surface area contributed by atoms with Crippen LogP contribution in [0.3, 0.4) is 0 Å². The molecule has 1 aliphatic carbocycles. The van der Waals surface area contributed by atoms with Crippen LogP contribution in [0.5, 0.6) is 0 Å². The summed E-state index contributed by atoms with van der Waals surface area (Å²) in [6.45, 7) is 0. The summed E-state index contributed by atoms with van der Waals surface area (Å²) < 4.78 is 28.5. The van der Waals surface area contributed by atoms with Gasteiger partial charge in [-0.3, -0.25) is 0 Å². The summed E-state index contributed by atoms with van der Waals surface area (Å²) in [6.07, 6.45) is 0.255. The largest absolute Gasteiger partial charge is 0.318 e. The number of halogens is 3. The van der Waals surface area contributed by atoms with Crippen LogP contribution in [-0.4, -0.2) is 16.0 Å². The van der Waals surface area contributed by atoms with Gasteiger partial charge in [0.2, 0.25) is 0 Å². The molecular formula is C11H9BrF2N2. The third-order valence-electron chi connectivity index (χ3n) is 3.16. The second-order valence-electron chi connectivity index (χ2n) is 4.15. The van der Waals surface area contributed by atoms with E-state index in [0.717, 1.165) is 15.5 Å². The molecule has 0 amide bonds. The quantitative estimate of drug-likeness (QED) is 0.826. The van der Waals surface area contributed by atoms with Crippen LogP contribution >= 0.6 is 15.9 Å². The van der Waals surface area contributed by atoms with Crippen LogP contribution in [0, 0.1) is 0 Å². The highest BCUT2D eigenvalue weighted by Gasteiger charge is 2.53. The number of alkyl halides is 2. The molecule has 3 rings (SSSR count). The smallest absolute Gasteiger partial charge is 0.261 e. The molecule has 0 bridgehead atoms. The number of rotatable bonds is 2. The highest BCUT2D eigenvalue weighted by atomic mass is 79.9. The second kappa shape index (κ2) is 3.26. The van der Waals surface area contributed by atoms with Crippen LogP contribution in [0.25, 0.3) is 11.0 Å². The van der Waals surface area contributed by atoms with E-state index in [-0.39, 0.29) is 0 Å². The van der Waals surface area contributed by atoms with E-state index in [2.05, 4.69) is 20.9 Å². The van der Waals surface area contributed by atoms with Gasteiger partial charge in [-0.25, -0.2) is 13.8 Å². The van der Waals surface area contributed by atoms with Gasteiger partial charge in [0.15, 0.2) is 0 Å². The maximum atomic E-state index is 13.0. The molecule has 0 atom stereocenters. The lowest BCUT2D eigenvalue weighted by atomic mass is 10.2. The molecule has 1 fully saturated rings. The zero-order valence-corrected chi connectivity index (χ0v) is 9.92. The molecule has 2 aromatic rings. The van der Waals surface area contributed by atoms with Crippen molar-refractivity contribution >= 4 is 27.0 Å². The van der Waals surface area contributed by atoms with Crippen LogP contribution in [0.2, 0.25) is 0 Å². The van der Waals surface area contributed by atoms with E-state index in [1.165, 1.54) is 6.33 Å². The molecule has 1 saturated carbocycles. The molecule has 0 aliphatic heterocycles. The number of hydrogen-bond acceptors (Lipinski definition) is 1. The number of fused-ring (bicyclic) bond motifs is 1. The minimum Gasteiger partial charge on any atom is -0.318 e. The summed E-state index contributed by atoms with van der Waals surface area (Å²) in [5.41, 5.74) is 0.525. The van der Waals surface area contributed by atoms with Gasteiger partial charge in [-0.15, -0.1) is 0 Å². The van der Waals surface area contributed by atoms with Gasteiger partial charge in [-0.05, 0) is 31.0 Å². The Kier molecular flexibility index (Phi) is 2.08. The highest BCUT2D eigenvalue weighted by molar-refractivity contribution is 9.10. The van der Waals surface area contributed by atoms with Gasteiger partial charge in [-0.2, -0.15) is 0 Å². The van der Waals surface area contributed by atoms with Gasteiger partial charge < -0.3 is 4.57 Å². The van der Waals surface area contributed by atoms with Crippen molar-refractivity contribution < 1.29 is 8.78 Å².